The molecule has 5 rings (SSSR count). The van der Waals surface area contributed by atoms with Gasteiger partial charge in [0.1, 0.15) is 24.7 Å². The summed E-state index contributed by atoms with van der Waals surface area (Å²) in [5, 5.41) is 4.12. The van der Waals surface area contributed by atoms with Crippen LogP contribution in [0.4, 0.5) is 5.13 Å². The first-order valence-corrected chi connectivity index (χ1v) is 11.0. The predicted octanol–water partition coefficient (Wildman–Crippen LogP) is 3.79. The lowest BCUT2D eigenvalue weighted by Gasteiger charge is -2.17. The van der Waals surface area contributed by atoms with Crippen LogP contribution in [0.5, 0.6) is 17.4 Å². The number of nitrogens with zero attached hydrogens (tertiary/aromatic N) is 3. The Balaban J connectivity index is 1.48. The number of amides is 1. The minimum absolute atomic E-state index is 0.257. The molecule has 0 atom stereocenters. The summed E-state index contributed by atoms with van der Waals surface area (Å²) in [6.45, 7) is 3.14. The predicted molar refractivity (Wildman–Crippen MR) is 118 cm³/mol. The monoisotopic (exact) mass is 458 g/mol. The zero-order chi connectivity index (χ0) is 21.5. The third-order valence-electron chi connectivity index (χ3n) is 4.75. The Hall–Kier alpha value is -3.02. The number of thiazole rings is 1. The molecule has 1 aliphatic heterocycles. The molecule has 3 aromatic heterocycles. The molecule has 0 unspecified atom stereocenters. The summed E-state index contributed by atoms with van der Waals surface area (Å²) in [5.74, 6) is 2.03. The number of benzene rings is 1. The molecular weight excluding hydrogens is 440 g/mol. The van der Waals surface area contributed by atoms with E-state index in [-0.39, 0.29) is 12.5 Å². The number of carbonyl (C=O) groups is 1. The normalized spacial score (nSPS) is 13.0. The highest BCUT2D eigenvalue weighted by Crippen LogP contribution is 2.39. The zero-order valence-electron chi connectivity index (χ0n) is 17.0. The van der Waals surface area contributed by atoms with Gasteiger partial charge < -0.3 is 18.9 Å². The Morgan fingerprint density at radius 1 is 1.13 bits per heavy atom. The fourth-order valence-corrected chi connectivity index (χ4v) is 5.33. The van der Waals surface area contributed by atoms with Crippen LogP contribution < -0.4 is 19.5 Å². The van der Waals surface area contributed by atoms with Crippen molar-refractivity contribution in [2.24, 2.45) is 0 Å². The van der Waals surface area contributed by atoms with Gasteiger partial charge in [0.15, 0.2) is 22.5 Å². The Morgan fingerprint density at radius 3 is 2.65 bits per heavy atom. The van der Waals surface area contributed by atoms with Crippen LogP contribution in [-0.4, -0.2) is 48.3 Å². The molecule has 9 nitrogen and oxygen atoms in total. The molecule has 1 amide bonds. The van der Waals surface area contributed by atoms with Crippen LogP contribution in [0.25, 0.3) is 20.4 Å². The Labute approximate surface area is 185 Å². The first-order valence-electron chi connectivity index (χ1n) is 9.42. The van der Waals surface area contributed by atoms with Crippen molar-refractivity contribution in [3.8, 4) is 17.4 Å². The third-order valence-corrected chi connectivity index (χ3v) is 6.87. The molecule has 4 heterocycles. The number of rotatable bonds is 5. The second-order valence-corrected chi connectivity index (χ2v) is 8.78. The van der Waals surface area contributed by atoms with E-state index in [9.17, 15) is 4.79 Å². The standard InChI is InChI=1S/C20H18N4O5S2/c1-9-15-18(27-3)22-14(8-26-2)23-19(15)31-16(9)17(25)24-20-21-10-6-11-12(7-13(10)30-20)29-5-4-28-11/h6-7H,4-5,8H2,1-3H3,(H,21,24,25). The van der Waals surface area contributed by atoms with Crippen molar-refractivity contribution in [2.45, 2.75) is 13.5 Å². The van der Waals surface area contributed by atoms with E-state index in [1.807, 2.05) is 19.1 Å². The van der Waals surface area contributed by atoms with Crippen LogP contribution in [0.1, 0.15) is 21.1 Å². The minimum Gasteiger partial charge on any atom is -0.486 e. The first-order chi connectivity index (χ1) is 15.1. The lowest BCUT2D eigenvalue weighted by molar-refractivity contribution is 0.103. The summed E-state index contributed by atoms with van der Waals surface area (Å²) in [6.07, 6.45) is 0. The largest absolute Gasteiger partial charge is 0.486 e. The summed E-state index contributed by atoms with van der Waals surface area (Å²) >= 11 is 2.67. The molecule has 0 saturated carbocycles. The highest BCUT2D eigenvalue weighted by Gasteiger charge is 2.22. The average molecular weight is 459 g/mol. The maximum atomic E-state index is 13.1. The molecule has 4 aromatic rings. The van der Waals surface area contributed by atoms with Crippen molar-refractivity contribution in [1.29, 1.82) is 0 Å². The summed E-state index contributed by atoms with van der Waals surface area (Å²) in [4.78, 5) is 27.7. The minimum atomic E-state index is -0.257. The molecular formula is C20H18N4O5S2. The lowest BCUT2D eigenvalue weighted by atomic mass is 10.2. The summed E-state index contributed by atoms with van der Waals surface area (Å²) in [5.41, 5.74) is 1.51. The summed E-state index contributed by atoms with van der Waals surface area (Å²) in [6, 6.07) is 3.72. The molecule has 11 heteroatoms. The number of ether oxygens (including phenoxy) is 4. The van der Waals surface area contributed by atoms with Crippen LogP contribution >= 0.6 is 22.7 Å². The molecule has 0 bridgehead atoms. The zero-order valence-corrected chi connectivity index (χ0v) is 18.6. The molecule has 1 aliphatic rings. The van der Waals surface area contributed by atoms with E-state index in [0.29, 0.717) is 51.3 Å². The van der Waals surface area contributed by atoms with E-state index >= 15 is 0 Å². The maximum Gasteiger partial charge on any atom is 0.267 e. The topological polar surface area (TPSA) is 105 Å². The van der Waals surface area contributed by atoms with Crippen molar-refractivity contribution in [2.75, 3.05) is 32.8 Å². The number of hydrogen-bond donors (Lipinski definition) is 1. The molecule has 0 spiro atoms. The Bertz CT molecular complexity index is 1270. The quantitative estimate of drug-likeness (QED) is 0.482. The SMILES string of the molecule is COCc1nc(OC)c2c(C)c(C(=O)Nc3nc4cc5c(cc4s3)OCCO5)sc2n1. The van der Waals surface area contributed by atoms with E-state index < -0.39 is 0 Å². The molecule has 0 radical (unpaired) electrons. The molecule has 1 N–H and O–H groups in total. The van der Waals surface area contributed by atoms with E-state index in [4.69, 9.17) is 18.9 Å². The molecule has 0 saturated heterocycles. The van der Waals surface area contributed by atoms with Gasteiger partial charge in [-0.05, 0) is 12.5 Å². The van der Waals surface area contributed by atoms with Gasteiger partial charge >= 0.3 is 0 Å². The van der Waals surface area contributed by atoms with Gasteiger partial charge in [0.2, 0.25) is 5.88 Å². The highest BCUT2D eigenvalue weighted by atomic mass is 32.1. The van der Waals surface area contributed by atoms with Gasteiger partial charge in [-0.25, -0.2) is 9.97 Å². The van der Waals surface area contributed by atoms with Crippen LogP contribution in [0, 0.1) is 6.92 Å². The van der Waals surface area contributed by atoms with Crippen molar-refractivity contribution in [3.63, 3.8) is 0 Å². The average Bonchev–Trinajstić information content (AvgIpc) is 3.31. The van der Waals surface area contributed by atoms with Gasteiger partial charge in [0, 0.05) is 19.2 Å². The number of hydrogen-bond acceptors (Lipinski definition) is 10. The summed E-state index contributed by atoms with van der Waals surface area (Å²) < 4.78 is 22.7. The number of methoxy groups -OCH3 is 2. The van der Waals surface area contributed by atoms with Crippen LogP contribution in [0.15, 0.2) is 12.1 Å². The van der Waals surface area contributed by atoms with Gasteiger partial charge in [-0.3, -0.25) is 10.1 Å². The first kappa shape index (κ1) is 19.9. The number of aromatic nitrogens is 3. The smallest absolute Gasteiger partial charge is 0.267 e. The third kappa shape index (κ3) is 3.54. The van der Waals surface area contributed by atoms with Gasteiger partial charge in [0.25, 0.3) is 5.91 Å². The van der Waals surface area contributed by atoms with Gasteiger partial charge in [-0.2, -0.15) is 4.98 Å². The second-order valence-electron chi connectivity index (χ2n) is 6.76. The number of anilines is 1. The van der Waals surface area contributed by atoms with Crippen LogP contribution in [0.2, 0.25) is 0 Å². The fraction of sp³-hybridized carbons (Fsp3) is 0.300. The second kappa shape index (κ2) is 7.91. The number of fused-ring (bicyclic) bond motifs is 3. The van der Waals surface area contributed by atoms with Crippen LogP contribution in [0.3, 0.4) is 0 Å². The van der Waals surface area contributed by atoms with Crippen molar-refractivity contribution in [3.05, 3.63) is 28.4 Å². The number of nitrogens with one attached hydrogen (secondary N) is 1. The van der Waals surface area contributed by atoms with Gasteiger partial charge in [-0.1, -0.05) is 11.3 Å². The number of carbonyl (C=O) groups excluding carboxylic acids is 1. The molecule has 31 heavy (non-hydrogen) atoms. The number of aryl methyl sites for hydroxylation is 1. The fourth-order valence-electron chi connectivity index (χ4n) is 3.37. The Kier molecular flexibility index (Phi) is 5.08. The van der Waals surface area contributed by atoms with Crippen molar-refractivity contribution in [1.82, 2.24) is 15.0 Å². The molecule has 1 aromatic carbocycles. The van der Waals surface area contributed by atoms with Gasteiger partial charge in [-0.15, -0.1) is 11.3 Å². The molecule has 0 fully saturated rings. The Morgan fingerprint density at radius 2 is 1.90 bits per heavy atom. The number of thiophene rings is 1. The van der Waals surface area contributed by atoms with Crippen molar-refractivity contribution < 1.29 is 23.7 Å². The molecule has 0 aliphatic carbocycles. The van der Waals surface area contributed by atoms with E-state index in [2.05, 4.69) is 20.3 Å². The van der Waals surface area contributed by atoms with Crippen LogP contribution in [-0.2, 0) is 11.3 Å². The van der Waals surface area contributed by atoms with Crippen molar-refractivity contribution >= 4 is 54.1 Å². The van der Waals surface area contributed by atoms with E-state index in [1.165, 1.54) is 22.7 Å². The lowest BCUT2D eigenvalue weighted by Crippen LogP contribution is -2.15. The maximum absolute atomic E-state index is 13.1. The van der Waals surface area contributed by atoms with E-state index in [1.54, 1.807) is 14.2 Å². The summed E-state index contributed by atoms with van der Waals surface area (Å²) in [7, 11) is 3.12. The van der Waals surface area contributed by atoms with E-state index in [0.717, 1.165) is 21.2 Å². The molecule has 160 valence electrons. The van der Waals surface area contributed by atoms with Gasteiger partial charge in [0.05, 0.1) is 27.6 Å². The highest BCUT2D eigenvalue weighted by molar-refractivity contribution is 7.23.